The van der Waals surface area contributed by atoms with Gasteiger partial charge in [0, 0.05) is 16.5 Å². The number of amides is 1. The van der Waals surface area contributed by atoms with Crippen LogP contribution >= 0.6 is 46.4 Å². The predicted octanol–water partition coefficient (Wildman–Crippen LogP) is 7.22. The SMILES string of the molecule is O=C1[C@@H](c2cccc(Cl)c2Cl)CC(c2ccc(Cl)cc2)=NN1Cc1ccc(Cl)cc1. The minimum Gasteiger partial charge on any atom is -0.272 e. The molecule has 0 N–H and O–H groups in total. The van der Waals surface area contributed by atoms with Crippen molar-refractivity contribution in [1.82, 2.24) is 5.01 Å². The molecule has 0 spiro atoms. The first-order chi connectivity index (χ1) is 14.4. The van der Waals surface area contributed by atoms with E-state index in [0.717, 1.165) is 16.8 Å². The van der Waals surface area contributed by atoms with Gasteiger partial charge in [-0.2, -0.15) is 5.10 Å². The monoisotopic (exact) mass is 476 g/mol. The van der Waals surface area contributed by atoms with Crippen LogP contribution in [0.3, 0.4) is 0 Å². The molecule has 1 aliphatic rings. The van der Waals surface area contributed by atoms with Gasteiger partial charge in [0.1, 0.15) is 0 Å². The summed E-state index contributed by atoms with van der Waals surface area (Å²) in [5.41, 5.74) is 3.29. The second-order valence-electron chi connectivity index (χ2n) is 6.98. The summed E-state index contributed by atoms with van der Waals surface area (Å²) in [6.45, 7) is 0.321. The van der Waals surface area contributed by atoms with Crippen molar-refractivity contribution in [1.29, 1.82) is 0 Å². The van der Waals surface area contributed by atoms with Crippen molar-refractivity contribution in [2.75, 3.05) is 0 Å². The van der Waals surface area contributed by atoms with Gasteiger partial charge in [-0.25, -0.2) is 5.01 Å². The van der Waals surface area contributed by atoms with Gasteiger partial charge in [-0.3, -0.25) is 4.79 Å². The third-order valence-corrected chi connectivity index (χ3v) is 6.31. The summed E-state index contributed by atoms with van der Waals surface area (Å²) < 4.78 is 0. The summed E-state index contributed by atoms with van der Waals surface area (Å²) in [7, 11) is 0. The Hall–Kier alpha value is -2.04. The Labute approximate surface area is 194 Å². The normalized spacial score (nSPS) is 16.5. The van der Waals surface area contributed by atoms with Crippen LogP contribution in [0, 0.1) is 0 Å². The molecule has 152 valence electrons. The minimum absolute atomic E-state index is 0.133. The molecule has 0 aliphatic carbocycles. The summed E-state index contributed by atoms with van der Waals surface area (Å²) in [6, 6.07) is 20.1. The van der Waals surface area contributed by atoms with Crippen LogP contribution in [0.25, 0.3) is 0 Å². The quantitative estimate of drug-likeness (QED) is 0.390. The molecule has 0 radical (unpaired) electrons. The van der Waals surface area contributed by atoms with E-state index in [0.29, 0.717) is 38.6 Å². The molecule has 3 aromatic carbocycles. The maximum Gasteiger partial charge on any atom is 0.250 e. The topological polar surface area (TPSA) is 32.7 Å². The van der Waals surface area contributed by atoms with Crippen molar-refractivity contribution in [3.63, 3.8) is 0 Å². The Balaban J connectivity index is 1.75. The maximum absolute atomic E-state index is 13.4. The first-order valence-corrected chi connectivity index (χ1v) is 10.8. The van der Waals surface area contributed by atoms with E-state index in [4.69, 9.17) is 46.4 Å². The Morgan fingerprint density at radius 2 is 1.50 bits per heavy atom. The maximum atomic E-state index is 13.4. The van der Waals surface area contributed by atoms with Gasteiger partial charge in [-0.15, -0.1) is 0 Å². The zero-order valence-corrected chi connectivity index (χ0v) is 18.7. The van der Waals surface area contributed by atoms with Crippen molar-refractivity contribution in [2.45, 2.75) is 18.9 Å². The molecule has 0 aromatic heterocycles. The standard InChI is InChI=1S/C23H16Cl4N2O/c24-16-8-4-14(5-9-16)13-29-23(30)19(18-2-1-3-20(26)22(18)27)12-21(28-29)15-6-10-17(25)11-7-15/h1-11,19H,12-13H2/t19-/m1/s1. The number of nitrogens with zero attached hydrogens (tertiary/aromatic N) is 2. The van der Waals surface area contributed by atoms with E-state index in [1.165, 1.54) is 5.01 Å². The Kier molecular flexibility index (Phi) is 6.35. The van der Waals surface area contributed by atoms with Gasteiger partial charge >= 0.3 is 0 Å². The van der Waals surface area contributed by atoms with Crippen LogP contribution < -0.4 is 0 Å². The number of hydrazone groups is 1. The summed E-state index contributed by atoms with van der Waals surface area (Å²) in [4.78, 5) is 13.4. The molecule has 0 fully saturated rings. The van der Waals surface area contributed by atoms with Crippen LogP contribution in [0.1, 0.15) is 29.0 Å². The first-order valence-electron chi connectivity index (χ1n) is 9.25. The molecule has 1 atom stereocenters. The lowest BCUT2D eigenvalue weighted by atomic mass is 9.88. The summed E-state index contributed by atoms with van der Waals surface area (Å²) in [6.07, 6.45) is 0.414. The fourth-order valence-corrected chi connectivity index (χ4v) is 4.11. The highest BCUT2D eigenvalue weighted by atomic mass is 35.5. The van der Waals surface area contributed by atoms with E-state index in [9.17, 15) is 4.79 Å². The Morgan fingerprint density at radius 3 is 2.17 bits per heavy atom. The minimum atomic E-state index is -0.494. The molecule has 1 aliphatic heterocycles. The van der Waals surface area contributed by atoms with Gasteiger partial charge in [0.15, 0.2) is 0 Å². The van der Waals surface area contributed by atoms with Crippen molar-refractivity contribution in [3.8, 4) is 0 Å². The second kappa shape index (κ2) is 8.99. The largest absolute Gasteiger partial charge is 0.272 e. The van der Waals surface area contributed by atoms with Crippen LogP contribution in [0.2, 0.25) is 20.1 Å². The molecule has 7 heteroatoms. The van der Waals surface area contributed by atoms with E-state index in [-0.39, 0.29) is 5.91 Å². The Morgan fingerprint density at radius 1 is 0.867 bits per heavy atom. The smallest absolute Gasteiger partial charge is 0.250 e. The number of halogens is 4. The van der Waals surface area contributed by atoms with Crippen molar-refractivity contribution in [2.24, 2.45) is 5.10 Å². The molecule has 30 heavy (non-hydrogen) atoms. The molecule has 1 amide bonds. The molecule has 0 bridgehead atoms. The fourth-order valence-electron chi connectivity index (χ4n) is 3.42. The highest BCUT2D eigenvalue weighted by Gasteiger charge is 2.34. The van der Waals surface area contributed by atoms with Gasteiger partial charge in [0.05, 0.1) is 28.2 Å². The lowest BCUT2D eigenvalue weighted by molar-refractivity contribution is -0.134. The molecular weight excluding hydrogens is 462 g/mol. The third kappa shape index (κ3) is 4.50. The number of carbonyl (C=O) groups is 1. The number of rotatable bonds is 4. The lowest BCUT2D eigenvalue weighted by Gasteiger charge is -2.30. The van der Waals surface area contributed by atoms with Gasteiger partial charge in [0.25, 0.3) is 5.91 Å². The number of hydrogen-bond acceptors (Lipinski definition) is 2. The van der Waals surface area contributed by atoms with Crippen LogP contribution in [0.5, 0.6) is 0 Å². The van der Waals surface area contributed by atoms with Crippen molar-refractivity contribution < 1.29 is 4.79 Å². The van der Waals surface area contributed by atoms with Crippen LogP contribution in [0.4, 0.5) is 0 Å². The third-order valence-electron chi connectivity index (χ3n) is 4.97. The van der Waals surface area contributed by atoms with E-state index in [1.807, 2.05) is 30.3 Å². The van der Waals surface area contributed by atoms with Gasteiger partial charge in [0.2, 0.25) is 0 Å². The molecule has 3 aromatic rings. The number of hydrogen-bond donors (Lipinski definition) is 0. The summed E-state index contributed by atoms with van der Waals surface area (Å²) in [5.74, 6) is -0.626. The van der Waals surface area contributed by atoms with Crippen molar-refractivity contribution >= 4 is 58.0 Å². The van der Waals surface area contributed by atoms with Gasteiger partial charge in [-0.05, 0) is 47.0 Å². The van der Waals surface area contributed by atoms with Crippen LogP contribution in [-0.4, -0.2) is 16.6 Å². The van der Waals surface area contributed by atoms with Crippen molar-refractivity contribution in [3.05, 3.63) is 104 Å². The molecule has 4 rings (SSSR count). The van der Waals surface area contributed by atoms with Crippen LogP contribution in [-0.2, 0) is 11.3 Å². The highest BCUT2D eigenvalue weighted by molar-refractivity contribution is 6.42. The zero-order chi connectivity index (χ0) is 21.3. The summed E-state index contributed by atoms with van der Waals surface area (Å²) in [5, 5.41) is 8.22. The molecule has 0 saturated carbocycles. The first kappa shape index (κ1) is 21.2. The fraction of sp³-hybridized carbons (Fsp3) is 0.130. The zero-order valence-electron chi connectivity index (χ0n) is 15.7. The second-order valence-corrected chi connectivity index (χ2v) is 8.63. The predicted molar refractivity (Wildman–Crippen MR) is 124 cm³/mol. The summed E-state index contributed by atoms with van der Waals surface area (Å²) >= 11 is 24.7. The Bertz CT molecular complexity index is 1110. The highest BCUT2D eigenvalue weighted by Crippen LogP contribution is 2.37. The van der Waals surface area contributed by atoms with Gasteiger partial charge in [-0.1, -0.05) is 82.8 Å². The van der Waals surface area contributed by atoms with E-state index >= 15 is 0 Å². The number of benzene rings is 3. The molecule has 1 heterocycles. The van der Waals surface area contributed by atoms with E-state index in [2.05, 4.69) is 5.10 Å². The van der Waals surface area contributed by atoms with Gasteiger partial charge < -0.3 is 0 Å². The number of carbonyl (C=O) groups excluding carboxylic acids is 1. The van der Waals surface area contributed by atoms with Crippen LogP contribution in [0.15, 0.2) is 71.8 Å². The molecule has 3 nitrogen and oxygen atoms in total. The molecule has 0 saturated heterocycles. The lowest BCUT2D eigenvalue weighted by Crippen LogP contribution is -2.37. The molecular formula is C23H16Cl4N2O. The average Bonchev–Trinajstić information content (AvgIpc) is 2.74. The van der Waals surface area contributed by atoms with E-state index in [1.54, 1.807) is 36.4 Å². The average molecular weight is 478 g/mol. The van der Waals surface area contributed by atoms with E-state index < -0.39 is 5.92 Å². The molecule has 0 unspecified atom stereocenters.